The molecule has 2 aliphatic heterocycles. The summed E-state index contributed by atoms with van der Waals surface area (Å²) in [6.07, 6.45) is -0.590. The van der Waals surface area contributed by atoms with Gasteiger partial charge in [-0.2, -0.15) is 0 Å². The van der Waals surface area contributed by atoms with Crippen molar-refractivity contribution in [1.29, 1.82) is 0 Å². The maximum atomic E-state index is 9.48. The molecule has 2 saturated heterocycles. The average Bonchev–Trinajstić information content (AvgIpc) is 2.95. The minimum absolute atomic E-state index is 0.00796. The first-order chi connectivity index (χ1) is 17.6. The van der Waals surface area contributed by atoms with Crippen molar-refractivity contribution in [3.05, 3.63) is 95.1 Å². The molecular formula is C30H36N2O4. The molecule has 3 aromatic carbocycles. The van der Waals surface area contributed by atoms with Crippen LogP contribution in [0.15, 0.2) is 72.8 Å². The van der Waals surface area contributed by atoms with E-state index in [2.05, 4.69) is 60.4 Å². The van der Waals surface area contributed by atoms with Crippen molar-refractivity contribution in [2.24, 2.45) is 11.7 Å². The predicted molar refractivity (Wildman–Crippen MR) is 140 cm³/mol. The fourth-order valence-electron chi connectivity index (χ4n) is 5.11. The molecule has 3 aromatic rings. The van der Waals surface area contributed by atoms with Crippen LogP contribution in [0.2, 0.25) is 0 Å². The monoisotopic (exact) mass is 488 g/mol. The fourth-order valence-corrected chi connectivity index (χ4v) is 5.11. The molecule has 0 aliphatic carbocycles. The quantitative estimate of drug-likeness (QED) is 0.513. The van der Waals surface area contributed by atoms with Gasteiger partial charge in [0.15, 0.2) is 6.29 Å². The van der Waals surface area contributed by atoms with Gasteiger partial charge in [-0.25, -0.2) is 0 Å². The van der Waals surface area contributed by atoms with Gasteiger partial charge in [-0.15, -0.1) is 0 Å². The van der Waals surface area contributed by atoms with Crippen LogP contribution in [0.3, 0.4) is 0 Å². The Balaban J connectivity index is 1.44. The Hall–Kier alpha value is -2.58. The zero-order chi connectivity index (χ0) is 24.9. The number of nitrogens with two attached hydrogens (primary N) is 1. The number of nitrogens with zero attached hydrogens (tertiary/aromatic N) is 1. The second kappa shape index (κ2) is 11.6. The maximum absolute atomic E-state index is 9.48. The summed E-state index contributed by atoms with van der Waals surface area (Å²) in [5, 5.41) is 9.48. The Morgan fingerprint density at radius 3 is 2.31 bits per heavy atom. The molecule has 2 aliphatic rings. The molecule has 2 heterocycles. The summed E-state index contributed by atoms with van der Waals surface area (Å²) in [6, 6.07) is 24.8. The van der Waals surface area contributed by atoms with E-state index < -0.39 is 6.29 Å². The zero-order valence-corrected chi connectivity index (χ0v) is 20.9. The molecule has 3 N–H and O–H groups in total. The third kappa shape index (κ3) is 5.70. The molecule has 4 unspecified atom stereocenters. The van der Waals surface area contributed by atoms with Crippen LogP contribution in [0.5, 0.6) is 0 Å². The summed E-state index contributed by atoms with van der Waals surface area (Å²) in [6.45, 7) is 6.95. The molecule has 6 heteroatoms. The van der Waals surface area contributed by atoms with Crippen LogP contribution in [-0.2, 0) is 27.4 Å². The van der Waals surface area contributed by atoms with E-state index in [0.29, 0.717) is 6.54 Å². The second-order valence-corrected chi connectivity index (χ2v) is 9.76. The smallest absolute Gasteiger partial charge is 0.184 e. The van der Waals surface area contributed by atoms with Gasteiger partial charge in [-0.3, -0.25) is 4.90 Å². The average molecular weight is 489 g/mol. The van der Waals surface area contributed by atoms with Crippen molar-refractivity contribution in [3.63, 3.8) is 0 Å². The SMILES string of the molecule is CC1C(CN2CCOCC2)OC(c2cccc(-c3cccc(CN)c3)c2)OC1c1ccc(CO)cc1. The zero-order valence-electron chi connectivity index (χ0n) is 20.9. The second-order valence-electron chi connectivity index (χ2n) is 9.76. The van der Waals surface area contributed by atoms with Gasteiger partial charge < -0.3 is 25.1 Å². The largest absolute Gasteiger partial charge is 0.392 e. The van der Waals surface area contributed by atoms with Gasteiger partial charge in [-0.05, 0) is 39.9 Å². The van der Waals surface area contributed by atoms with Gasteiger partial charge >= 0.3 is 0 Å². The highest BCUT2D eigenvalue weighted by molar-refractivity contribution is 5.65. The van der Waals surface area contributed by atoms with Gasteiger partial charge in [0.2, 0.25) is 0 Å². The summed E-state index contributed by atoms with van der Waals surface area (Å²) in [5.74, 6) is 0.161. The van der Waals surface area contributed by atoms with E-state index in [1.165, 1.54) is 0 Å². The highest BCUT2D eigenvalue weighted by Crippen LogP contribution is 2.42. The molecule has 5 rings (SSSR count). The molecular weight excluding hydrogens is 452 g/mol. The Kier molecular flexibility index (Phi) is 8.12. The summed E-state index contributed by atoms with van der Waals surface area (Å²) < 4.78 is 18.9. The Morgan fingerprint density at radius 2 is 1.58 bits per heavy atom. The third-order valence-corrected chi connectivity index (χ3v) is 7.32. The van der Waals surface area contributed by atoms with Gasteiger partial charge in [0, 0.05) is 37.7 Å². The van der Waals surface area contributed by atoms with Gasteiger partial charge in [0.05, 0.1) is 32.0 Å². The van der Waals surface area contributed by atoms with Crippen LogP contribution < -0.4 is 5.73 Å². The Morgan fingerprint density at radius 1 is 0.861 bits per heavy atom. The van der Waals surface area contributed by atoms with E-state index in [0.717, 1.165) is 66.2 Å². The van der Waals surface area contributed by atoms with Crippen molar-refractivity contribution in [3.8, 4) is 11.1 Å². The van der Waals surface area contributed by atoms with Gasteiger partial charge in [0.1, 0.15) is 0 Å². The van der Waals surface area contributed by atoms with Crippen LogP contribution in [-0.4, -0.2) is 49.0 Å². The van der Waals surface area contributed by atoms with Crippen molar-refractivity contribution >= 4 is 0 Å². The number of hydrogen-bond donors (Lipinski definition) is 2. The molecule has 190 valence electrons. The molecule has 2 fully saturated rings. The minimum atomic E-state index is -0.479. The van der Waals surface area contributed by atoms with Gasteiger partial charge in [0.25, 0.3) is 0 Å². The Labute approximate surface area is 213 Å². The van der Waals surface area contributed by atoms with E-state index in [1.807, 2.05) is 24.3 Å². The van der Waals surface area contributed by atoms with Crippen molar-refractivity contribution in [2.45, 2.75) is 38.6 Å². The summed E-state index contributed by atoms with van der Waals surface area (Å²) in [5.41, 5.74) is 12.2. The highest BCUT2D eigenvalue weighted by Gasteiger charge is 2.39. The first-order valence-electron chi connectivity index (χ1n) is 12.8. The number of morpholine rings is 1. The lowest BCUT2D eigenvalue weighted by molar-refractivity contribution is -0.277. The molecule has 0 saturated carbocycles. The van der Waals surface area contributed by atoms with Gasteiger partial charge in [-0.1, -0.05) is 67.6 Å². The molecule has 0 spiro atoms. The van der Waals surface area contributed by atoms with Crippen molar-refractivity contribution < 1.29 is 19.3 Å². The molecule has 0 radical (unpaired) electrons. The molecule has 4 atom stereocenters. The minimum Gasteiger partial charge on any atom is -0.392 e. The lowest BCUT2D eigenvalue weighted by Crippen LogP contribution is -2.47. The predicted octanol–water partition coefficient (Wildman–Crippen LogP) is 4.43. The molecule has 0 amide bonds. The third-order valence-electron chi connectivity index (χ3n) is 7.32. The number of aliphatic hydroxyl groups excluding tert-OH is 1. The number of hydrogen-bond acceptors (Lipinski definition) is 6. The highest BCUT2D eigenvalue weighted by atomic mass is 16.7. The lowest BCUT2D eigenvalue weighted by Gasteiger charge is -2.43. The van der Waals surface area contributed by atoms with Crippen LogP contribution >= 0.6 is 0 Å². The normalized spacial score (nSPS) is 25.1. The topological polar surface area (TPSA) is 77.2 Å². The van der Waals surface area contributed by atoms with Crippen LogP contribution in [0.4, 0.5) is 0 Å². The van der Waals surface area contributed by atoms with Crippen LogP contribution in [0.25, 0.3) is 11.1 Å². The van der Waals surface area contributed by atoms with Crippen molar-refractivity contribution in [1.82, 2.24) is 4.90 Å². The molecule has 0 bridgehead atoms. The van der Waals surface area contributed by atoms with E-state index in [-0.39, 0.29) is 24.7 Å². The first-order valence-corrected chi connectivity index (χ1v) is 12.8. The summed E-state index contributed by atoms with van der Waals surface area (Å²) in [4.78, 5) is 2.42. The maximum Gasteiger partial charge on any atom is 0.184 e. The first kappa shape index (κ1) is 25.1. The van der Waals surface area contributed by atoms with Crippen molar-refractivity contribution in [2.75, 3.05) is 32.8 Å². The molecule has 36 heavy (non-hydrogen) atoms. The molecule has 6 nitrogen and oxygen atoms in total. The van der Waals surface area contributed by atoms with Crippen LogP contribution in [0, 0.1) is 5.92 Å². The number of ether oxygens (including phenoxy) is 3. The summed E-state index contributed by atoms with van der Waals surface area (Å²) >= 11 is 0. The van der Waals surface area contributed by atoms with E-state index in [4.69, 9.17) is 19.9 Å². The summed E-state index contributed by atoms with van der Waals surface area (Å²) in [7, 11) is 0. The lowest BCUT2D eigenvalue weighted by atomic mass is 9.89. The fraction of sp³-hybridized carbons (Fsp3) is 0.400. The standard InChI is InChI=1S/C30H36N2O4/c1-21-28(19-32-12-14-34-15-13-32)35-30(36-29(21)24-10-8-22(20-33)9-11-24)27-7-3-6-26(17-27)25-5-2-4-23(16-25)18-31/h2-11,16-17,21,28-30,33H,12-15,18-20,31H2,1H3. The van der Waals surface area contributed by atoms with E-state index in [1.54, 1.807) is 0 Å². The number of benzene rings is 3. The van der Waals surface area contributed by atoms with E-state index in [9.17, 15) is 5.11 Å². The van der Waals surface area contributed by atoms with E-state index >= 15 is 0 Å². The number of rotatable bonds is 7. The van der Waals surface area contributed by atoms with Crippen LogP contribution in [0.1, 0.15) is 41.6 Å². The number of aliphatic hydroxyl groups is 1. The Bertz CT molecular complexity index is 1130. The molecule has 0 aromatic heterocycles.